The smallest absolute Gasteiger partial charge is 0.153 e. The summed E-state index contributed by atoms with van der Waals surface area (Å²) in [5, 5.41) is 8.88. The molecule has 2 aromatic rings. The van der Waals surface area contributed by atoms with Crippen molar-refractivity contribution in [3.8, 4) is 5.75 Å². The van der Waals surface area contributed by atoms with Crippen molar-refractivity contribution in [2.45, 2.75) is 6.92 Å². The van der Waals surface area contributed by atoms with Gasteiger partial charge < -0.3 is 5.11 Å². The summed E-state index contributed by atoms with van der Waals surface area (Å²) in [5.74, 6) is 0.0347. The first-order chi connectivity index (χ1) is 7.74. The Labute approximate surface area is 95.2 Å². The zero-order valence-corrected chi connectivity index (χ0v) is 9.13. The lowest BCUT2D eigenvalue weighted by atomic mass is 10.2. The number of aryl methyl sites for hydroxylation is 1. The second-order valence-corrected chi connectivity index (χ2v) is 3.33. The van der Waals surface area contributed by atoms with Gasteiger partial charge in [-0.1, -0.05) is 48.0 Å². The number of aldehydes is 1. The minimum atomic E-state index is 0.0347. The summed E-state index contributed by atoms with van der Waals surface area (Å²) in [5.41, 5.74) is 1.65. The maximum absolute atomic E-state index is 10.1. The maximum Gasteiger partial charge on any atom is 0.153 e. The Morgan fingerprint density at radius 1 is 0.938 bits per heavy atom. The molecule has 1 N–H and O–H groups in total. The first-order valence-electron chi connectivity index (χ1n) is 4.99. The SMILES string of the molecule is Cc1ccccc1.O=Cc1ccccc1O. The van der Waals surface area contributed by atoms with Crippen molar-refractivity contribution in [3.63, 3.8) is 0 Å². The molecule has 2 rings (SSSR count). The number of aromatic hydroxyl groups is 1. The molecule has 0 heterocycles. The highest BCUT2D eigenvalue weighted by Crippen LogP contribution is 2.11. The summed E-state index contributed by atoms with van der Waals surface area (Å²) >= 11 is 0. The van der Waals surface area contributed by atoms with Crippen molar-refractivity contribution in [2.24, 2.45) is 0 Å². The van der Waals surface area contributed by atoms with Crippen LogP contribution in [0.4, 0.5) is 0 Å². The van der Waals surface area contributed by atoms with Crippen molar-refractivity contribution >= 4 is 6.29 Å². The van der Waals surface area contributed by atoms with E-state index in [1.807, 2.05) is 18.2 Å². The van der Waals surface area contributed by atoms with E-state index in [0.29, 0.717) is 11.8 Å². The highest BCUT2D eigenvalue weighted by Gasteiger charge is 1.93. The third kappa shape index (κ3) is 3.96. The molecule has 16 heavy (non-hydrogen) atoms. The van der Waals surface area contributed by atoms with Crippen LogP contribution in [-0.2, 0) is 0 Å². The fourth-order valence-corrected chi connectivity index (χ4v) is 1.12. The normalized spacial score (nSPS) is 8.81. The van der Waals surface area contributed by atoms with Gasteiger partial charge in [0.25, 0.3) is 0 Å². The molecule has 0 radical (unpaired) electrons. The number of phenols is 1. The van der Waals surface area contributed by atoms with Gasteiger partial charge in [-0.2, -0.15) is 0 Å². The van der Waals surface area contributed by atoms with E-state index in [-0.39, 0.29) is 5.75 Å². The van der Waals surface area contributed by atoms with Crippen molar-refractivity contribution in [3.05, 3.63) is 65.7 Å². The summed E-state index contributed by atoms with van der Waals surface area (Å²) < 4.78 is 0. The van der Waals surface area contributed by atoms with E-state index in [4.69, 9.17) is 5.11 Å². The summed E-state index contributed by atoms with van der Waals surface area (Å²) in [6.07, 6.45) is 0.620. The van der Waals surface area contributed by atoms with E-state index < -0.39 is 0 Å². The van der Waals surface area contributed by atoms with Crippen LogP contribution in [0.1, 0.15) is 15.9 Å². The Morgan fingerprint density at radius 2 is 1.50 bits per heavy atom. The van der Waals surface area contributed by atoms with Gasteiger partial charge in [-0.25, -0.2) is 0 Å². The van der Waals surface area contributed by atoms with E-state index >= 15 is 0 Å². The highest BCUT2D eigenvalue weighted by atomic mass is 16.3. The van der Waals surface area contributed by atoms with Crippen LogP contribution in [0, 0.1) is 6.92 Å². The van der Waals surface area contributed by atoms with Crippen LogP contribution in [-0.4, -0.2) is 11.4 Å². The lowest BCUT2D eigenvalue weighted by Gasteiger charge is -1.91. The van der Waals surface area contributed by atoms with Gasteiger partial charge in [0, 0.05) is 0 Å². The Hall–Kier alpha value is -2.09. The summed E-state index contributed by atoms with van der Waals surface area (Å²) in [7, 11) is 0. The van der Waals surface area contributed by atoms with Gasteiger partial charge in [-0.15, -0.1) is 0 Å². The Bertz CT molecular complexity index is 435. The third-order valence-corrected chi connectivity index (χ3v) is 2.00. The molecular formula is C14H14O2. The van der Waals surface area contributed by atoms with Gasteiger partial charge in [0.1, 0.15) is 5.75 Å². The zero-order chi connectivity index (χ0) is 11.8. The van der Waals surface area contributed by atoms with E-state index in [1.54, 1.807) is 18.2 Å². The maximum atomic E-state index is 10.1. The summed E-state index contributed by atoms with van der Waals surface area (Å²) in [4.78, 5) is 10.1. The molecule has 0 saturated carbocycles. The van der Waals surface area contributed by atoms with Gasteiger partial charge in [0.2, 0.25) is 0 Å². The van der Waals surface area contributed by atoms with Crippen LogP contribution in [0.25, 0.3) is 0 Å². The Kier molecular flexibility index (Phi) is 4.80. The molecule has 0 fully saturated rings. The van der Waals surface area contributed by atoms with Crippen molar-refractivity contribution in [1.82, 2.24) is 0 Å². The van der Waals surface area contributed by atoms with Gasteiger partial charge in [0.05, 0.1) is 5.56 Å². The van der Waals surface area contributed by atoms with Gasteiger partial charge in [0.15, 0.2) is 6.29 Å². The predicted octanol–water partition coefficient (Wildman–Crippen LogP) is 3.20. The minimum Gasteiger partial charge on any atom is -0.507 e. The van der Waals surface area contributed by atoms with Crippen LogP contribution in [0.3, 0.4) is 0 Å². The molecule has 0 bridgehead atoms. The molecule has 0 aromatic heterocycles. The van der Waals surface area contributed by atoms with Crippen molar-refractivity contribution < 1.29 is 9.90 Å². The number of rotatable bonds is 1. The number of hydrogen-bond acceptors (Lipinski definition) is 2. The molecule has 2 heteroatoms. The molecule has 0 saturated heterocycles. The molecule has 0 atom stereocenters. The molecule has 2 nitrogen and oxygen atoms in total. The molecule has 0 spiro atoms. The van der Waals surface area contributed by atoms with E-state index in [2.05, 4.69) is 19.1 Å². The minimum absolute atomic E-state index is 0.0347. The van der Waals surface area contributed by atoms with E-state index in [9.17, 15) is 4.79 Å². The monoisotopic (exact) mass is 214 g/mol. The second kappa shape index (κ2) is 6.40. The zero-order valence-electron chi connectivity index (χ0n) is 9.13. The number of hydrogen-bond donors (Lipinski definition) is 1. The average molecular weight is 214 g/mol. The molecule has 0 unspecified atom stereocenters. The lowest BCUT2D eigenvalue weighted by Crippen LogP contribution is -1.77. The second-order valence-electron chi connectivity index (χ2n) is 3.33. The van der Waals surface area contributed by atoms with Gasteiger partial charge >= 0.3 is 0 Å². The first kappa shape index (κ1) is 12.0. The molecule has 0 aliphatic rings. The lowest BCUT2D eigenvalue weighted by molar-refractivity contribution is 0.112. The largest absolute Gasteiger partial charge is 0.507 e. The first-order valence-corrected chi connectivity index (χ1v) is 4.99. The predicted molar refractivity (Wildman–Crippen MR) is 64.7 cm³/mol. The van der Waals surface area contributed by atoms with Crippen molar-refractivity contribution in [2.75, 3.05) is 0 Å². The molecule has 0 amide bonds. The van der Waals surface area contributed by atoms with Crippen LogP contribution in [0.2, 0.25) is 0 Å². The Balaban J connectivity index is 0.000000165. The fraction of sp³-hybridized carbons (Fsp3) is 0.0714. The quantitative estimate of drug-likeness (QED) is 0.740. The van der Waals surface area contributed by atoms with E-state index in [1.165, 1.54) is 11.6 Å². The van der Waals surface area contributed by atoms with Gasteiger partial charge in [-0.05, 0) is 19.1 Å². The average Bonchev–Trinajstić information content (AvgIpc) is 2.31. The summed E-state index contributed by atoms with van der Waals surface area (Å²) in [6.45, 7) is 2.08. The molecular weight excluding hydrogens is 200 g/mol. The van der Waals surface area contributed by atoms with Crippen LogP contribution >= 0.6 is 0 Å². The topological polar surface area (TPSA) is 37.3 Å². The number of carbonyl (C=O) groups excluding carboxylic acids is 1. The van der Waals surface area contributed by atoms with Gasteiger partial charge in [-0.3, -0.25) is 4.79 Å². The molecule has 0 aliphatic carbocycles. The third-order valence-electron chi connectivity index (χ3n) is 2.00. The standard InChI is InChI=1S/C7H6O2.C7H8/c8-5-6-3-1-2-4-7(6)9;1-7-5-3-2-4-6-7/h1-5,9H;2-6H,1H3. The molecule has 0 aliphatic heterocycles. The molecule has 82 valence electrons. The van der Waals surface area contributed by atoms with Crippen LogP contribution in [0.5, 0.6) is 5.75 Å². The summed E-state index contributed by atoms with van der Waals surface area (Å²) in [6, 6.07) is 16.7. The van der Waals surface area contributed by atoms with Crippen molar-refractivity contribution in [1.29, 1.82) is 0 Å². The highest BCUT2D eigenvalue weighted by molar-refractivity contribution is 5.78. The number of phenolic OH excluding ortho intramolecular Hbond substituents is 1. The Morgan fingerprint density at radius 3 is 1.88 bits per heavy atom. The number of para-hydroxylation sites is 1. The fourth-order valence-electron chi connectivity index (χ4n) is 1.12. The van der Waals surface area contributed by atoms with E-state index in [0.717, 1.165) is 0 Å². The van der Waals surface area contributed by atoms with Crippen LogP contribution in [0.15, 0.2) is 54.6 Å². The number of benzene rings is 2. The number of carbonyl (C=O) groups is 1. The van der Waals surface area contributed by atoms with Crippen LogP contribution < -0.4 is 0 Å². The molecule has 2 aromatic carbocycles.